The number of aryl methyl sites for hydroxylation is 1. The van der Waals surface area contributed by atoms with Gasteiger partial charge in [-0.1, -0.05) is 41.9 Å². The lowest BCUT2D eigenvalue weighted by Crippen LogP contribution is -2.17. The number of nitrogens with one attached hydrogen (secondary N) is 1. The van der Waals surface area contributed by atoms with Gasteiger partial charge in [-0.05, 0) is 18.2 Å². The van der Waals surface area contributed by atoms with E-state index in [9.17, 15) is 9.90 Å². The Bertz CT molecular complexity index is 1050. The van der Waals surface area contributed by atoms with Crippen molar-refractivity contribution in [3.63, 3.8) is 0 Å². The summed E-state index contributed by atoms with van der Waals surface area (Å²) in [6.07, 6.45) is 3.56. The highest BCUT2D eigenvalue weighted by molar-refractivity contribution is 6.31. The van der Waals surface area contributed by atoms with Crippen LogP contribution in [0.1, 0.15) is 22.3 Å². The molecule has 8 heteroatoms. The van der Waals surface area contributed by atoms with Crippen LogP contribution in [0.25, 0.3) is 11.3 Å². The Kier molecular flexibility index (Phi) is 6.04. The van der Waals surface area contributed by atoms with Gasteiger partial charge in [0.25, 0.3) is 5.91 Å². The Labute approximate surface area is 166 Å². The van der Waals surface area contributed by atoms with Crippen molar-refractivity contribution in [3.8, 4) is 23.1 Å². The summed E-state index contributed by atoms with van der Waals surface area (Å²) in [5.41, 5.74) is 4.65. The number of aromatic nitrogens is 2. The van der Waals surface area contributed by atoms with Gasteiger partial charge >= 0.3 is 0 Å². The average molecular weight is 394 g/mol. The van der Waals surface area contributed by atoms with Gasteiger partial charge in [0.15, 0.2) is 0 Å². The molecule has 0 fully saturated rings. The number of nitriles is 1. The van der Waals surface area contributed by atoms with Gasteiger partial charge in [0.1, 0.15) is 11.4 Å². The second-order valence-corrected chi connectivity index (χ2v) is 6.27. The topological polar surface area (TPSA) is 103 Å². The Morgan fingerprint density at radius 1 is 1.32 bits per heavy atom. The normalized spacial score (nSPS) is 10.7. The minimum Gasteiger partial charge on any atom is -0.507 e. The molecule has 1 heterocycles. The Morgan fingerprint density at radius 2 is 2.11 bits per heavy atom. The third kappa shape index (κ3) is 4.55. The number of phenolic OH excluding ortho intramolecular Hbond substituents is 1. The van der Waals surface area contributed by atoms with E-state index in [1.807, 2.05) is 30.3 Å². The molecule has 0 aliphatic carbocycles. The lowest BCUT2D eigenvalue weighted by Gasteiger charge is -2.03. The summed E-state index contributed by atoms with van der Waals surface area (Å²) >= 11 is 5.86. The zero-order chi connectivity index (χ0) is 19.9. The van der Waals surface area contributed by atoms with Crippen molar-refractivity contribution in [2.75, 3.05) is 0 Å². The first-order valence-electron chi connectivity index (χ1n) is 8.40. The molecule has 0 bridgehead atoms. The molecule has 1 aromatic heterocycles. The van der Waals surface area contributed by atoms with E-state index in [1.165, 1.54) is 24.4 Å². The quantitative estimate of drug-likeness (QED) is 0.493. The predicted octanol–water partition coefficient (Wildman–Crippen LogP) is 3.59. The Morgan fingerprint density at radius 3 is 2.86 bits per heavy atom. The van der Waals surface area contributed by atoms with Crippen molar-refractivity contribution in [1.82, 2.24) is 15.2 Å². The maximum absolute atomic E-state index is 12.2. The number of aromatic hydroxyl groups is 1. The molecule has 0 aliphatic rings. The van der Waals surface area contributed by atoms with Crippen LogP contribution in [0.3, 0.4) is 0 Å². The average Bonchev–Trinajstić information content (AvgIpc) is 3.11. The molecule has 3 aromatic rings. The first-order chi connectivity index (χ1) is 13.6. The smallest absolute Gasteiger partial charge is 0.275 e. The fourth-order valence-corrected chi connectivity index (χ4v) is 2.71. The fraction of sp³-hybridized carbons (Fsp3) is 0.100. The molecular formula is C20H16ClN5O2. The van der Waals surface area contributed by atoms with Gasteiger partial charge in [-0.3, -0.25) is 9.48 Å². The molecule has 0 radical (unpaired) electrons. The summed E-state index contributed by atoms with van der Waals surface area (Å²) in [4.78, 5) is 12.2. The molecule has 0 saturated carbocycles. The third-order valence-corrected chi connectivity index (χ3v) is 4.10. The molecule has 1 amide bonds. The van der Waals surface area contributed by atoms with Crippen LogP contribution < -0.4 is 5.43 Å². The minimum absolute atomic E-state index is 0.0256. The second-order valence-electron chi connectivity index (χ2n) is 5.83. The van der Waals surface area contributed by atoms with E-state index in [2.05, 4.69) is 21.7 Å². The highest BCUT2D eigenvalue weighted by Gasteiger charge is 2.12. The lowest BCUT2D eigenvalue weighted by atomic mass is 10.1. The standard InChI is InChI=1S/C20H16ClN5O2/c21-16-7-8-18(27)17(11-16)20(28)24-23-12-15-13-26(10-4-9-22)25-19(15)14-5-2-1-3-6-14/h1-3,5-8,11-13,27H,4,10H2,(H,24,28)/b23-12-. The third-order valence-electron chi connectivity index (χ3n) is 3.86. The van der Waals surface area contributed by atoms with Gasteiger partial charge in [0.2, 0.25) is 0 Å². The molecule has 140 valence electrons. The summed E-state index contributed by atoms with van der Waals surface area (Å²) in [5.74, 6) is -0.777. The predicted molar refractivity (Wildman–Crippen MR) is 106 cm³/mol. The van der Waals surface area contributed by atoms with Crippen LogP contribution in [0.4, 0.5) is 0 Å². The van der Waals surface area contributed by atoms with Crippen LogP contribution in [0, 0.1) is 11.3 Å². The van der Waals surface area contributed by atoms with Gasteiger partial charge < -0.3 is 5.11 Å². The fourth-order valence-electron chi connectivity index (χ4n) is 2.54. The van der Waals surface area contributed by atoms with Crippen molar-refractivity contribution >= 4 is 23.7 Å². The van der Waals surface area contributed by atoms with Gasteiger partial charge in [-0.2, -0.15) is 15.5 Å². The number of rotatable bonds is 6. The molecule has 2 aromatic carbocycles. The number of hydrogen-bond acceptors (Lipinski definition) is 5. The van der Waals surface area contributed by atoms with Gasteiger partial charge in [0.05, 0.1) is 30.8 Å². The lowest BCUT2D eigenvalue weighted by molar-refractivity contribution is 0.0952. The molecule has 0 aliphatic heterocycles. The number of amides is 1. The molecule has 0 saturated heterocycles. The number of halogens is 1. The maximum atomic E-state index is 12.2. The van der Waals surface area contributed by atoms with E-state index >= 15 is 0 Å². The van der Waals surface area contributed by atoms with Crippen molar-refractivity contribution in [3.05, 3.63) is 70.9 Å². The molecule has 3 rings (SSSR count). The minimum atomic E-state index is -0.589. The van der Waals surface area contributed by atoms with E-state index in [-0.39, 0.29) is 11.3 Å². The molecule has 0 unspecified atom stereocenters. The first kappa shape index (κ1) is 19.1. The SMILES string of the molecule is N#CCCn1cc(/C=N\NC(=O)c2cc(Cl)ccc2O)c(-c2ccccc2)n1. The number of phenols is 1. The first-order valence-corrected chi connectivity index (χ1v) is 8.78. The van der Waals surface area contributed by atoms with E-state index in [0.29, 0.717) is 29.2 Å². The second kappa shape index (κ2) is 8.84. The van der Waals surface area contributed by atoms with Crippen LogP contribution in [-0.4, -0.2) is 27.0 Å². The summed E-state index contributed by atoms with van der Waals surface area (Å²) < 4.78 is 1.66. The van der Waals surface area contributed by atoms with Crippen LogP contribution in [0.15, 0.2) is 59.8 Å². The van der Waals surface area contributed by atoms with E-state index in [4.69, 9.17) is 16.9 Å². The van der Waals surface area contributed by atoms with E-state index in [0.717, 1.165) is 5.56 Å². The van der Waals surface area contributed by atoms with Crippen molar-refractivity contribution in [2.45, 2.75) is 13.0 Å². The van der Waals surface area contributed by atoms with Gasteiger partial charge in [0, 0.05) is 22.3 Å². The number of hydrogen-bond donors (Lipinski definition) is 2. The largest absolute Gasteiger partial charge is 0.507 e. The summed E-state index contributed by atoms with van der Waals surface area (Å²) in [6, 6.07) is 15.8. The van der Waals surface area contributed by atoms with Crippen molar-refractivity contribution < 1.29 is 9.90 Å². The van der Waals surface area contributed by atoms with E-state index < -0.39 is 5.91 Å². The van der Waals surface area contributed by atoms with Crippen molar-refractivity contribution in [1.29, 1.82) is 5.26 Å². The van der Waals surface area contributed by atoms with Crippen molar-refractivity contribution in [2.24, 2.45) is 5.10 Å². The Hall–Kier alpha value is -3.63. The summed E-state index contributed by atoms with van der Waals surface area (Å²) in [7, 11) is 0. The highest BCUT2D eigenvalue weighted by Crippen LogP contribution is 2.22. The molecule has 2 N–H and O–H groups in total. The maximum Gasteiger partial charge on any atom is 0.275 e. The molecule has 0 spiro atoms. The number of nitrogens with zero attached hydrogens (tertiary/aromatic N) is 4. The molecular weight excluding hydrogens is 378 g/mol. The van der Waals surface area contributed by atoms with Gasteiger partial charge in [-0.25, -0.2) is 5.43 Å². The zero-order valence-electron chi connectivity index (χ0n) is 14.7. The van der Waals surface area contributed by atoms with Crippen LogP contribution in [0.2, 0.25) is 5.02 Å². The summed E-state index contributed by atoms with van der Waals surface area (Å²) in [5, 5.41) is 27.4. The van der Waals surface area contributed by atoms with E-state index in [1.54, 1.807) is 10.9 Å². The van der Waals surface area contributed by atoms with Crippen LogP contribution >= 0.6 is 11.6 Å². The monoisotopic (exact) mass is 393 g/mol. The molecule has 7 nitrogen and oxygen atoms in total. The highest BCUT2D eigenvalue weighted by atomic mass is 35.5. The van der Waals surface area contributed by atoms with Crippen LogP contribution in [0.5, 0.6) is 5.75 Å². The summed E-state index contributed by atoms with van der Waals surface area (Å²) in [6.45, 7) is 0.451. The number of benzene rings is 2. The number of carbonyl (C=O) groups excluding carboxylic acids is 1. The number of carbonyl (C=O) groups is 1. The van der Waals surface area contributed by atoms with Gasteiger partial charge in [-0.15, -0.1) is 0 Å². The Balaban J connectivity index is 1.82. The van der Waals surface area contributed by atoms with Crippen LogP contribution in [-0.2, 0) is 6.54 Å². The molecule has 28 heavy (non-hydrogen) atoms. The number of hydrazone groups is 1. The zero-order valence-corrected chi connectivity index (χ0v) is 15.5. The molecule has 0 atom stereocenters.